The highest BCUT2D eigenvalue weighted by Crippen LogP contribution is 2.29. The molecule has 0 saturated heterocycles. The van der Waals surface area contributed by atoms with Crippen molar-refractivity contribution in [2.75, 3.05) is 11.4 Å². The minimum atomic E-state index is 0.111. The van der Waals surface area contributed by atoms with Crippen molar-refractivity contribution in [1.29, 1.82) is 0 Å². The first kappa shape index (κ1) is 16.0. The maximum Gasteiger partial charge on any atom is 0.233 e. The second kappa shape index (κ2) is 6.78. The molecule has 3 aromatic rings. The number of aromatic nitrogens is 1. The molecule has 0 bridgehead atoms. The lowest BCUT2D eigenvalue weighted by Gasteiger charge is -2.16. The standard InChI is InChI=1S/C20H19N3OS/c21-12-14-5-7-16(8-6-14)20-22-17(13-25-20)11-19(24)23-10-9-15-3-1-2-4-18(15)23/h1-8,13H,9-12,21H2. The smallest absolute Gasteiger partial charge is 0.233 e. The van der Waals surface area contributed by atoms with Crippen LogP contribution in [-0.2, 0) is 24.2 Å². The molecule has 5 heteroatoms. The Kier molecular flexibility index (Phi) is 4.34. The molecule has 4 nitrogen and oxygen atoms in total. The molecule has 0 unspecified atom stereocenters. The van der Waals surface area contributed by atoms with E-state index in [1.165, 1.54) is 5.56 Å². The van der Waals surface area contributed by atoms with Gasteiger partial charge in [-0.2, -0.15) is 0 Å². The Morgan fingerprint density at radius 3 is 2.76 bits per heavy atom. The lowest BCUT2D eigenvalue weighted by atomic mass is 10.1. The highest BCUT2D eigenvalue weighted by Gasteiger charge is 2.24. The van der Waals surface area contributed by atoms with Gasteiger partial charge in [0.05, 0.1) is 12.1 Å². The lowest BCUT2D eigenvalue weighted by molar-refractivity contribution is -0.117. The lowest BCUT2D eigenvalue weighted by Crippen LogP contribution is -2.30. The highest BCUT2D eigenvalue weighted by atomic mass is 32.1. The van der Waals surface area contributed by atoms with Crippen molar-refractivity contribution < 1.29 is 4.79 Å². The molecule has 0 spiro atoms. The quantitative estimate of drug-likeness (QED) is 0.785. The number of nitrogens with two attached hydrogens (primary N) is 1. The van der Waals surface area contributed by atoms with Crippen molar-refractivity contribution >= 4 is 22.9 Å². The molecule has 0 atom stereocenters. The summed E-state index contributed by atoms with van der Waals surface area (Å²) in [5.74, 6) is 0.111. The minimum absolute atomic E-state index is 0.111. The SMILES string of the molecule is NCc1ccc(-c2nc(CC(=O)N3CCc4ccccc43)cs2)cc1. The van der Waals surface area contributed by atoms with Crippen LogP contribution in [0.1, 0.15) is 16.8 Å². The second-order valence-corrected chi connectivity index (χ2v) is 7.00. The van der Waals surface area contributed by atoms with Crippen molar-refractivity contribution in [3.8, 4) is 10.6 Å². The van der Waals surface area contributed by atoms with E-state index in [2.05, 4.69) is 11.1 Å². The van der Waals surface area contributed by atoms with Crippen LogP contribution in [0.5, 0.6) is 0 Å². The Morgan fingerprint density at radius 1 is 1.16 bits per heavy atom. The summed E-state index contributed by atoms with van der Waals surface area (Å²) in [5.41, 5.74) is 10.9. The van der Waals surface area contributed by atoms with Gasteiger partial charge in [0.1, 0.15) is 5.01 Å². The third-order valence-corrected chi connectivity index (χ3v) is 5.45. The van der Waals surface area contributed by atoms with Gasteiger partial charge in [0.15, 0.2) is 0 Å². The summed E-state index contributed by atoms with van der Waals surface area (Å²) in [6.45, 7) is 1.30. The van der Waals surface area contributed by atoms with E-state index in [1.54, 1.807) is 11.3 Å². The Labute approximate surface area is 150 Å². The third-order valence-electron chi connectivity index (χ3n) is 4.51. The summed E-state index contributed by atoms with van der Waals surface area (Å²) in [7, 11) is 0. The van der Waals surface area contributed by atoms with E-state index in [-0.39, 0.29) is 5.91 Å². The van der Waals surface area contributed by atoms with E-state index in [4.69, 9.17) is 5.73 Å². The molecule has 0 fully saturated rings. The molecule has 2 heterocycles. The van der Waals surface area contributed by atoms with Crippen LogP contribution >= 0.6 is 11.3 Å². The van der Waals surface area contributed by atoms with Crippen molar-refractivity contribution in [2.24, 2.45) is 5.73 Å². The topological polar surface area (TPSA) is 59.2 Å². The zero-order valence-electron chi connectivity index (χ0n) is 13.8. The van der Waals surface area contributed by atoms with Gasteiger partial charge in [-0.3, -0.25) is 4.79 Å². The first-order chi connectivity index (χ1) is 12.2. The molecule has 2 aromatic carbocycles. The van der Waals surface area contributed by atoms with Gasteiger partial charge < -0.3 is 10.6 Å². The third kappa shape index (κ3) is 3.21. The van der Waals surface area contributed by atoms with Crippen LogP contribution in [0.2, 0.25) is 0 Å². The molecule has 0 aliphatic carbocycles. The molecular formula is C20H19N3OS. The molecule has 126 valence electrons. The number of carbonyl (C=O) groups excluding carboxylic acids is 1. The zero-order valence-corrected chi connectivity index (χ0v) is 14.6. The van der Waals surface area contributed by atoms with Gasteiger partial charge in [0, 0.05) is 29.7 Å². The number of amides is 1. The van der Waals surface area contributed by atoms with E-state index in [0.29, 0.717) is 13.0 Å². The van der Waals surface area contributed by atoms with Gasteiger partial charge in [0.2, 0.25) is 5.91 Å². The zero-order chi connectivity index (χ0) is 17.2. The number of para-hydroxylation sites is 1. The number of thiazole rings is 1. The van der Waals surface area contributed by atoms with Gasteiger partial charge >= 0.3 is 0 Å². The first-order valence-corrected chi connectivity index (χ1v) is 9.24. The van der Waals surface area contributed by atoms with Crippen LogP contribution in [0.4, 0.5) is 5.69 Å². The Morgan fingerprint density at radius 2 is 1.96 bits per heavy atom. The van der Waals surface area contributed by atoms with E-state index in [0.717, 1.165) is 40.5 Å². The molecule has 1 aliphatic heterocycles. The van der Waals surface area contributed by atoms with Crippen molar-refractivity contribution in [3.05, 3.63) is 70.7 Å². The molecule has 0 saturated carbocycles. The summed E-state index contributed by atoms with van der Waals surface area (Å²) in [5, 5.41) is 2.92. The predicted octanol–water partition coefficient (Wildman–Crippen LogP) is 3.40. The normalized spacial score (nSPS) is 13.1. The number of anilines is 1. The summed E-state index contributed by atoms with van der Waals surface area (Å²) >= 11 is 1.57. The molecule has 1 amide bonds. The van der Waals surface area contributed by atoms with E-state index in [1.807, 2.05) is 52.7 Å². The Balaban J connectivity index is 1.48. The molecule has 0 radical (unpaired) electrons. The summed E-state index contributed by atoms with van der Waals surface area (Å²) in [6, 6.07) is 16.2. The largest absolute Gasteiger partial charge is 0.326 e. The van der Waals surface area contributed by atoms with Gasteiger partial charge in [-0.25, -0.2) is 4.98 Å². The number of hydrogen-bond donors (Lipinski definition) is 1. The summed E-state index contributed by atoms with van der Waals surface area (Å²) in [6.07, 6.45) is 1.27. The summed E-state index contributed by atoms with van der Waals surface area (Å²) < 4.78 is 0. The fourth-order valence-electron chi connectivity index (χ4n) is 3.15. The fraction of sp³-hybridized carbons (Fsp3) is 0.200. The second-order valence-electron chi connectivity index (χ2n) is 6.15. The summed E-state index contributed by atoms with van der Waals surface area (Å²) in [4.78, 5) is 19.2. The Hall–Kier alpha value is -2.50. The average molecular weight is 349 g/mol. The average Bonchev–Trinajstić information content (AvgIpc) is 3.28. The minimum Gasteiger partial charge on any atom is -0.326 e. The number of nitrogens with zero attached hydrogens (tertiary/aromatic N) is 2. The van der Waals surface area contributed by atoms with Gasteiger partial charge in [-0.15, -0.1) is 11.3 Å². The molecule has 1 aliphatic rings. The molecule has 4 rings (SSSR count). The van der Waals surface area contributed by atoms with Crippen molar-refractivity contribution in [3.63, 3.8) is 0 Å². The molecule has 2 N–H and O–H groups in total. The Bertz CT molecular complexity index is 901. The van der Waals surface area contributed by atoms with Crippen molar-refractivity contribution in [2.45, 2.75) is 19.4 Å². The van der Waals surface area contributed by atoms with Crippen LogP contribution in [0.3, 0.4) is 0 Å². The molecular weight excluding hydrogens is 330 g/mol. The fourth-order valence-corrected chi connectivity index (χ4v) is 3.98. The van der Waals surface area contributed by atoms with Gasteiger partial charge in [0.25, 0.3) is 0 Å². The van der Waals surface area contributed by atoms with E-state index >= 15 is 0 Å². The van der Waals surface area contributed by atoms with Gasteiger partial charge in [-0.1, -0.05) is 42.5 Å². The number of rotatable bonds is 4. The monoisotopic (exact) mass is 349 g/mol. The number of carbonyl (C=O) groups is 1. The molecule has 25 heavy (non-hydrogen) atoms. The predicted molar refractivity (Wildman–Crippen MR) is 102 cm³/mol. The van der Waals surface area contributed by atoms with Gasteiger partial charge in [-0.05, 0) is 23.6 Å². The maximum absolute atomic E-state index is 12.7. The first-order valence-electron chi connectivity index (χ1n) is 8.36. The number of benzene rings is 2. The van der Waals surface area contributed by atoms with E-state index in [9.17, 15) is 4.79 Å². The highest BCUT2D eigenvalue weighted by molar-refractivity contribution is 7.13. The van der Waals surface area contributed by atoms with Crippen molar-refractivity contribution in [1.82, 2.24) is 4.98 Å². The van der Waals surface area contributed by atoms with Crippen LogP contribution in [0, 0.1) is 0 Å². The maximum atomic E-state index is 12.7. The van der Waals surface area contributed by atoms with Crippen LogP contribution in [-0.4, -0.2) is 17.4 Å². The number of fused-ring (bicyclic) bond motifs is 1. The number of hydrogen-bond acceptors (Lipinski definition) is 4. The molecule has 1 aromatic heterocycles. The van der Waals surface area contributed by atoms with E-state index < -0.39 is 0 Å². The van der Waals surface area contributed by atoms with Crippen LogP contribution < -0.4 is 10.6 Å². The van der Waals surface area contributed by atoms with Crippen LogP contribution in [0.25, 0.3) is 10.6 Å². The van der Waals surface area contributed by atoms with Crippen LogP contribution in [0.15, 0.2) is 53.9 Å².